The van der Waals surface area contributed by atoms with Gasteiger partial charge in [0.25, 0.3) is 0 Å². The minimum Gasteiger partial charge on any atom is -0.440 e. The number of aromatic nitrogens is 1. The Kier molecular flexibility index (Phi) is 11.2. The van der Waals surface area contributed by atoms with Gasteiger partial charge in [0.2, 0.25) is 5.88 Å². The van der Waals surface area contributed by atoms with E-state index in [-0.39, 0.29) is 32.6 Å². The fraction of sp³-hybridized carbons (Fsp3) is 0.500. The second kappa shape index (κ2) is 15.0. The zero-order chi connectivity index (χ0) is 38.5. The lowest BCUT2D eigenvalue weighted by Gasteiger charge is -2.42. The number of piperidine rings is 1. The van der Waals surface area contributed by atoms with E-state index in [9.17, 15) is 9.59 Å². The van der Waals surface area contributed by atoms with Crippen LogP contribution in [-0.4, -0.2) is 42.7 Å². The summed E-state index contributed by atoms with van der Waals surface area (Å²) in [7, 11) is -0.749. The number of nitrogens with one attached hydrogen (secondary N) is 1. The molecule has 2 aliphatic heterocycles. The van der Waals surface area contributed by atoms with Gasteiger partial charge in [-0.3, -0.25) is 9.59 Å². The minimum atomic E-state index is -0.749. The van der Waals surface area contributed by atoms with E-state index in [1.165, 1.54) is 0 Å². The average Bonchev–Trinajstić information content (AvgIpc) is 3.48. The van der Waals surface area contributed by atoms with Crippen molar-refractivity contribution < 1.29 is 18.5 Å². The molecule has 0 unspecified atom stereocenters. The lowest BCUT2D eigenvalue weighted by atomic mass is 9.75. The summed E-state index contributed by atoms with van der Waals surface area (Å²) in [5.41, 5.74) is 4.77. The largest absolute Gasteiger partial charge is 0.495 e. The van der Waals surface area contributed by atoms with Crippen LogP contribution in [0.1, 0.15) is 120 Å². The van der Waals surface area contributed by atoms with E-state index >= 15 is 0 Å². The first kappa shape index (κ1) is 39.3. The highest BCUT2D eigenvalue weighted by Crippen LogP contribution is 2.47. The van der Waals surface area contributed by atoms with Gasteiger partial charge < -0.3 is 23.9 Å². The summed E-state index contributed by atoms with van der Waals surface area (Å²) >= 11 is 13.6. The van der Waals surface area contributed by atoms with Crippen LogP contribution in [-0.2, 0) is 9.31 Å². The molecule has 0 amide bonds. The molecule has 282 valence electrons. The van der Waals surface area contributed by atoms with Crippen molar-refractivity contribution in [2.45, 2.75) is 118 Å². The Balaban J connectivity index is 1.39. The number of halogens is 2. The molecule has 2 aromatic heterocycles. The summed E-state index contributed by atoms with van der Waals surface area (Å²) in [5.74, 6) is 0.637. The molecule has 8 nitrogen and oxygen atoms in total. The fourth-order valence-corrected chi connectivity index (χ4v) is 9.03. The van der Waals surface area contributed by atoms with Crippen LogP contribution in [0.2, 0.25) is 10.2 Å². The molecule has 2 aliphatic rings. The molecular weight excluding hydrogens is 708 g/mol. The maximum atomic E-state index is 13.8. The second-order valence-corrected chi connectivity index (χ2v) is 16.4. The molecule has 0 saturated carbocycles. The van der Waals surface area contributed by atoms with Gasteiger partial charge in [-0.15, -0.1) is 0 Å². The Labute approximate surface area is 324 Å². The summed E-state index contributed by atoms with van der Waals surface area (Å²) in [6.07, 6.45) is 5.91. The predicted octanol–water partition coefficient (Wildman–Crippen LogP) is 10.3. The number of fused-ring (bicyclic) bond motifs is 1. The molecule has 2 aromatic carbocycles. The first-order chi connectivity index (χ1) is 25.2. The summed E-state index contributed by atoms with van der Waals surface area (Å²) in [4.78, 5) is 33.5. The van der Waals surface area contributed by atoms with Gasteiger partial charge in [-0.2, -0.15) is 0 Å². The number of rotatable bonds is 11. The van der Waals surface area contributed by atoms with Crippen molar-refractivity contribution in [3.8, 4) is 11.3 Å². The van der Waals surface area contributed by atoms with Gasteiger partial charge in [0.1, 0.15) is 10.7 Å². The minimum absolute atomic E-state index is 0.0224. The van der Waals surface area contributed by atoms with Crippen LogP contribution in [0, 0.1) is 19.3 Å². The van der Waals surface area contributed by atoms with E-state index in [0.29, 0.717) is 44.8 Å². The molecule has 0 spiro atoms. The van der Waals surface area contributed by atoms with Crippen molar-refractivity contribution in [2.24, 2.45) is 5.41 Å². The van der Waals surface area contributed by atoms with Gasteiger partial charge in [-0.05, 0) is 93.9 Å². The molecule has 4 heterocycles. The molecule has 0 radical (unpaired) electrons. The van der Waals surface area contributed by atoms with Gasteiger partial charge in [0.05, 0.1) is 44.6 Å². The van der Waals surface area contributed by atoms with Crippen LogP contribution < -0.4 is 21.1 Å². The van der Waals surface area contributed by atoms with Crippen molar-refractivity contribution in [1.29, 1.82) is 0 Å². The van der Waals surface area contributed by atoms with Gasteiger partial charge in [-0.1, -0.05) is 82.9 Å². The maximum absolute atomic E-state index is 13.8. The topological polar surface area (TPSA) is 93.9 Å². The Bertz CT molecular complexity index is 2060. The highest BCUT2D eigenvalue weighted by atomic mass is 35.5. The molecule has 53 heavy (non-hydrogen) atoms. The number of pyridine rings is 1. The molecular formula is C42H52BCl2N3O5. The third-order valence-corrected chi connectivity index (χ3v) is 12.7. The quantitative estimate of drug-likeness (QED) is 0.0918. The first-order valence-corrected chi connectivity index (χ1v) is 19.8. The molecule has 1 atom stereocenters. The van der Waals surface area contributed by atoms with Crippen molar-refractivity contribution in [3.63, 3.8) is 0 Å². The number of nitrogens with zero attached hydrogens (tertiary/aromatic N) is 2. The number of carbonyl (C=O) groups is 1. The molecule has 6 rings (SSSR count). The predicted molar refractivity (Wildman–Crippen MR) is 218 cm³/mol. The summed E-state index contributed by atoms with van der Waals surface area (Å²) in [6.45, 7) is 20.6. The maximum Gasteiger partial charge on any atom is 0.495 e. The summed E-state index contributed by atoms with van der Waals surface area (Å²) in [6, 6.07) is 10.9. The molecule has 11 heteroatoms. The van der Waals surface area contributed by atoms with Crippen LogP contribution in [0.3, 0.4) is 0 Å². The number of aldehydes is 1. The summed E-state index contributed by atoms with van der Waals surface area (Å²) < 4.78 is 20.1. The summed E-state index contributed by atoms with van der Waals surface area (Å²) in [5, 5.41) is 4.67. The Morgan fingerprint density at radius 1 is 0.962 bits per heavy atom. The zero-order valence-electron chi connectivity index (χ0n) is 32.5. The number of hydrogen-bond acceptors (Lipinski definition) is 8. The van der Waals surface area contributed by atoms with E-state index < -0.39 is 18.3 Å². The number of benzene rings is 2. The van der Waals surface area contributed by atoms with E-state index in [0.717, 1.165) is 69.0 Å². The Hall–Kier alpha value is -3.37. The smallest absolute Gasteiger partial charge is 0.440 e. The van der Waals surface area contributed by atoms with Gasteiger partial charge in [0, 0.05) is 29.8 Å². The molecule has 2 saturated heterocycles. The van der Waals surface area contributed by atoms with Crippen LogP contribution in [0.5, 0.6) is 0 Å². The first-order valence-electron chi connectivity index (χ1n) is 19.1. The average molecular weight is 761 g/mol. The van der Waals surface area contributed by atoms with Crippen LogP contribution in [0.15, 0.2) is 45.6 Å². The second-order valence-electron chi connectivity index (χ2n) is 15.7. The van der Waals surface area contributed by atoms with Gasteiger partial charge in [0.15, 0.2) is 11.7 Å². The zero-order valence-corrected chi connectivity index (χ0v) is 34.1. The van der Waals surface area contributed by atoms with Crippen molar-refractivity contribution in [2.75, 3.05) is 23.3 Å². The van der Waals surface area contributed by atoms with Gasteiger partial charge in [-0.25, -0.2) is 4.98 Å². The van der Waals surface area contributed by atoms with Crippen molar-refractivity contribution in [1.82, 2.24) is 4.98 Å². The Morgan fingerprint density at radius 2 is 1.58 bits per heavy atom. The van der Waals surface area contributed by atoms with E-state index in [4.69, 9.17) is 41.9 Å². The molecule has 4 aromatic rings. The van der Waals surface area contributed by atoms with E-state index in [2.05, 4.69) is 57.8 Å². The van der Waals surface area contributed by atoms with E-state index in [1.54, 1.807) is 6.07 Å². The van der Waals surface area contributed by atoms with Crippen molar-refractivity contribution in [3.05, 3.63) is 79.1 Å². The molecule has 2 fully saturated rings. The third kappa shape index (κ3) is 6.92. The van der Waals surface area contributed by atoms with Gasteiger partial charge >= 0.3 is 7.12 Å². The number of hydrogen-bond donors (Lipinski definition) is 1. The number of anilines is 2. The van der Waals surface area contributed by atoms with Crippen molar-refractivity contribution >= 4 is 64.6 Å². The SMILES string of the molecule is CCC1(CC)OB(c2ccc(-c3nc(Cl)ccc3N[C@H](C)c3cc(C)cc4c(=O)c(C)c(N5CCC(C)(C)CC5)oc34)c(Cl)c2C=O)OC1(CC)CC. The third-order valence-electron chi connectivity index (χ3n) is 12.1. The van der Waals surface area contributed by atoms with Crippen LogP contribution in [0.4, 0.5) is 11.6 Å². The number of carbonyl (C=O) groups excluding carboxylic acids is 1. The lowest BCUT2D eigenvalue weighted by Crippen LogP contribution is -2.50. The fourth-order valence-electron chi connectivity index (χ4n) is 8.58. The molecule has 0 aliphatic carbocycles. The highest BCUT2D eigenvalue weighted by molar-refractivity contribution is 6.64. The standard InChI is InChI=1S/C42H52BCl2N3O5/c1-10-41(11-2)42(12-3,13-4)53-43(52-41)32-15-14-28(35(45)31(32)24-49)36-33(16-17-34(44)47-36)46-27(7)29-22-25(5)23-30-37(50)26(6)39(51-38(29)30)48-20-18-40(8,9)19-21-48/h14-17,22-24,27,46H,10-13,18-21H2,1-9H3/t27-/m1/s1. The highest BCUT2D eigenvalue weighted by Gasteiger charge is 2.59. The van der Waals surface area contributed by atoms with Crippen LogP contribution in [0.25, 0.3) is 22.2 Å². The Morgan fingerprint density at radius 3 is 2.17 bits per heavy atom. The number of aryl methyl sites for hydroxylation is 1. The normalized spacial score (nSPS) is 18.4. The van der Waals surface area contributed by atoms with Crippen LogP contribution >= 0.6 is 23.2 Å². The monoisotopic (exact) mass is 759 g/mol. The lowest BCUT2D eigenvalue weighted by molar-refractivity contribution is -0.0601. The molecule has 1 N–H and O–H groups in total. The molecule has 0 bridgehead atoms. The van der Waals surface area contributed by atoms with E-state index in [1.807, 2.05) is 45.0 Å².